The lowest BCUT2D eigenvalue weighted by molar-refractivity contribution is -0.384. The number of nitro groups is 1. The Morgan fingerprint density at radius 3 is 2.67 bits per heavy atom. The Balaban J connectivity index is 1.98. The van der Waals surface area contributed by atoms with Crippen LogP contribution in [-0.2, 0) is 15.0 Å². The molecule has 0 fully saturated rings. The molecule has 0 N–H and O–H groups in total. The zero-order valence-corrected chi connectivity index (χ0v) is 16.2. The Morgan fingerprint density at radius 1 is 1.17 bits per heavy atom. The predicted octanol–water partition coefficient (Wildman–Crippen LogP) is 2.52. The number of hydrogen-bond donors (Lipinski definition) is 0. The van der Waals surface area contributed by atoms with Crippen molar-refractivity contribution in [1.29, 1.82) is 0 Å². The number of anilines is 1. The molecule has 1 aromatic carbocycles. The van der Waals surface area contributed by atoms with Gasteiger partial charge in [0.1, 0.15) is 28.2 Å². The Hall–Kier alpha value is -3.75. The molecule has 0 unspecified atom stereocenters. The number of fused-ring (bicyclic) bond motifs is 5. The van der Waals surface area contributed by atoms with E-state index in [1.165, 1.54) is 36.2 Å². The largest absolute Gasteiger partial charge is 0.460 e. The topological polar surface area (TPSA) is 120 Å². The van der Waals surface area contributed by atoms with Crippen LogP contribution in [0.3, 0.4) is 0 Å². The Kier molecular flexibility index (Phi) is 3.59. The average molecular weight is 408 g/mol. The van der Waals surface area contributed by atoms with E-state index < -0.39 is 21.9 Å². The molecule has 5 rings (SSSR count). The summed E-state index contributed by atoms with van der Waals surface area (Å²) in [6, 6.07) is 5.51. The first-order valence-electron chi connectivity index (χ1n) is 9.43. The third-order valence-electron chi connectivity index (χ3n) is 5.97. The summed E-state index contributed by atoms with van der Waals surface area (Å²) in [6.07, 6.45) is 1.16. The number of rotatable bonds is 1. The Labute approximate surface area is 169 Å². The van der Waals surface area contributed by atoms with Crippen LogP contribution in [0.25, 0.3) is 0 Å². The molecular weight excluding hydrogens is 392 g/mol. The summed E-state index contributed by atoms with van der Waals surface area (Å²) in [7, 11) is 1.51. The number of allylic oxidation sites excluding steroid dienone is 1. The van der Waals surface area contributed by atoms with E-state index >= 15 is 0 Å². The number of amides is 1. The molecule has 1 aromatic heterocycles. The molecule has 9 heteroatoms. The number of benzene rings is 1. The van der Waals surface area contributed by atoms with E-state index in [1.807, 2.05) is 0 Å². The molecule has 152 valence electrons. The maximum atomic E-state index is 13.8. The molecule has 30 heavy (non-hydrogen) atoms. The summed E-state index contributed by atoms with van der Waals surface area (Å²) in [4.78, 5) is 52.1. The molecule has 2 aromatic rings. The molecule has 3 heterocycles. The fraction of sp³-hybridized carbons (Fsp3) is 0.286. The number of likely N-dealkylation sites (N-methyl/N-ethyl adjacent to an activating group) is 1. The maximum absolute atomic E-state index is 13.8. The van der Waals surface area contributed by atoms with Crippen LogP contribution >= 0.6 is 0 Å². The average Bonchev–Trinajstić information content (AvgIpc) is 2.90. The lowest BCUT2D eigenvalue weighted by atomic mass is 9.65. The molecule has 9 nitrogen and oxygen atoms in total. The van der Waals surface area contributed by atoms with Crippen molar-refractivity contribution < 1.29 is 23.7 Å². The van der Waals surface area contributed by atoms with Crippen molar-refractivity contribution in [2.75, 3.05) is 11.9 Å². The van der Waals surface area contributed by atoms with Crippen molar-refractivity contribution in [3.63, 3.8) is 0 Å². The summed E-state index contributed by atoms with van der Waals surface area (Å²) in [5.74, 6) is -0.106. The van der Waals surface area contributed by atoms with E-state index in [1.54, 1.807) is 6.92 Å². The van der Waals surface area contributed by atoms with Gasteiger partial charge in [0.25, 0.3) is 5.69 Å². The van der Waals surface area contributed by atoms with Gasteiger partial charge >= 0.3 is 5.63 Å². The zero-order valence-electron chi connectivity index (χ0n) is 16.2. The molecule has 2 aliphatic heterocycles. The Morgan fingerprint density at radius 2 is 1.93 bits per heavy atom. The molecule has 3 aliphatic rings. The zero-order chi connectivity index (χ0) is 21.4. The van der Waals surface area contributed by atoms with E-state index in [9.17, 15) is 24.5 Å². The van der Waals surface area contributed by atoms with Gasteiger partial charge in [-0.3, -0.25) is 19.7 Å². The second kappa shape index (κ2) is 5.88. The summed E-state index contributed by atoms with van der Waals surface area (Å²) < 4.78 is 11.2. The Bertz CT molecular complexity index is 1270. The number of nitrogens with zero attached hydrogens (tertiary/aromatic N) is 2. The molecule has 0 saturated heterocycles. The van der Waals surface area contributed by atoms with E-state index in [0.717, 1.165) is 0 Å². The van der Waals surface area contributed by atoms with Gasteiger partial charge < -0.3 is 14.1 Å². The van der Waals surface area contributed by atoms with Crippen molar-refractivity contribution >= 4 is 23.1 Å². The maximum Gasteiger partial charge on any atom is 0.344 e. The highest BCUT2D eigenvalue weighted by Crippen LogP contribution is 2.56. The fourth-order valence-electron chi connectivity index (χ4n) is 4.79. The third kappa shape index (κ3) is 2.09. The number of carbonyl (C=O) groups excluding carboxylic acids is 2. The van der Waals surface area contributed by atoms with E-state index in [-0.39, 0.29) is 46.1 Å². The van der Waals surface area contributed by atoms with Gasteiger partial charge in [-0.25, -0.2) is 4.79 Å². The van der Waals surface area contributed by atoms with Crippen molar-refractivity contribution in [1.82, 2.24) is 0 Å². The highest BCUT2D eigenvalue weighted by atomic mass is 16.6. The van der Waals surface area contributed by atoms with E-state index in [0.29, 0.717) is 24.3 Å². The molecule has 0 bridgehead atoms. The second-order valence-electron chi connectivity index (χ2n) is 7.63. The number of aryl methyl sites for hydroxylation is 1. The van der Waals surface area contributed by atoms with Gasteiger partial charge in [0.15, 0.2) is 5.78 Å². The number of hydrogen-bond acceptors (Lipinski definition) is 7. The number of carbonyl (C=O) groups is 2. The number of non-ortho nitro benzene ring substituents is 1. The van der Waals surface area contributed by atoms with Crippen LogP contribution in [0.1, 0.15) is 36.1 Å². The molecule has 1 atom stereocenters. The summed E-state index contributed by atoms with van der Waals surface area (Å²) in [5, 5.41) is 11.5. The molecular formula is C21H16N2O7. The number of ether oxygens (including phenoxy) is 1. The molecule has 0 radical (unpaired) electrons. The smallest absolute Gasteiger partial charge is 0.344 e. The monoisotopic (exact) mass is 408 g/mol. The predicted molar refractivity (Wildman–Crippen MR) is 104 cm³/mol. The lowest BCUT2D eigenvalue weighted by Crippen LogP contribution is -2.49. The van der Waals surface area contributed by atoms with Gasteiger partial charge in [-0.1, -0.05) is 0 Å². The molecule has 0 saturated carbocycles. The van der Waals surface area contributed by atoms with Crippen molar-refractivity contribution in [2.24, 2.45) is 0 Å². The standard InChI is InChI=1S/C21H16N2O7/c1-10-8-16-18(19(25)29-10)21(17-14(24)4-3-5-15(17)30-16)12-9-11(23(27)28)6-7-13(12)22(2)20(21)26/h6-9H,3-5H2,1-2H3/t21-/m0/s1. The normalized spacial score (nSPS) is 22.0. The van der Waals surface area contributed by atoms with Crippen LogP contribution < -0.4 is 15.3 Å². The van der Waals surface area contributed by atoms with Crippen LogP contribution in [0, 0.1) is 17.0 Å². The van der Waals surface area contributed by atoms with Crippen LogP contribution in [-0.4, -0.2) is 23.7 Å². The number of nitro benzene ring substituents is 1. The highest BCUT2D eigenvalue weighted by molar-refractivity contribution is 6.19. The van der Waals surface area contributed by atoms with E-state index in [2.05, 4.69) is 0 Å². The second-order valence-corrected chi connectivity index (χ2v) is 7.63. The number of ketones is 1. The lowest BCUT2D eigenvalue weighted by Gasteiger charge is -2.38. The van der Waals surface area contributed by atoms with Gasteiger partial charge in [0, 0.05) is 49.3 Å². The summed E-state index contributed by atoms with van der Waals surface area (Å²) in [6.45, 7) is 1.58. The first kappa shape index (κ1) is 18.3. The van der Waals surface area contributed by atoms with Crippen LogP contribution in [0.5, 0.6) is 5.75 Å². The first-order valence-corrected chi connectivity index (χ1v) is 9.43. The van der Waals surface area contributed by atoms with E-state index in [4.69, 9.17) is 9.15 Å². The van der Waals surface area contributed by atoms with Gasteiger partial charge in [0.05, 0.1) is 10.5 Å². The summed E-state index contributed by atoms with van der Waals surface area (Å²) >= 11 is 0. The fourth-order valence-corrected chi connectivity index (χ4v) is 4.79. The first-order chi connectivity index (χ1) is 14.3. The van der Waals surface area contributed by atoms with Crippen LogP contribution in [0.2, 0.25) is 0 Å². The van der Waals surface area contributed by atoms with Crippen molar-refractivity contribution in [2.45, 2.75) is 31.6 Å². The quantitative estimate of drug-likeness (QED) is 0.525. The molecule has 1 aliphatic carbocycles. The minimum Gasteiger partial charge on any atom is -0.460 e. The van der Waals surface area contributed by atoms with Crippen molar-refractivity contribution in [3.05, 3.63) is 73.0 Å². The van der Waals surface area contributed by atoms with Crippen LogP contribution in [0.15, 0.2) is 44.8 Å². The van der Waals surface area contributed by atoms with Gasteiger partial charge in [-0.05, 0) is 19.4 Å². The summed E-state index contributed by atoms with van der Waals surface area (Å²) in [5.41, 5.74) is -2.31. The highest BCUT2D eigenvalue weighted by Gasteiger charge is 2.62. The van der Waals surface area contributed by atoms with Crippen LogP contribution in [0.4, 0.5) is 11.4 Å². The van der Waals surface area contributed by atoms with Gasteiger partial charge in [-0.2, -0.15) is 0 Å². The number of Topliss-reactive ketones (excluding diaryl/α,β-unsaturated/α-hetero) is 1. The minimum absolute atomic E-state index is 0.0773. The third-order valence-corrected chi connectivity index (χ3v) is 5.97. The SMILES string of the molecule is Cc1cc2c(c(=O)o1)[C@@]1(C(=O)N(C)c3ccc([N+](=O)[O-])cc31)C1=C(CCCC1=O)O2. The minimum atomic E-state index is -1.83. The molecule has 1 amide bonds. The van der Waals surface area contributed by atoms with Gasteiger partial charge in [0.2, 0.25) is 5.91 Å². The molecule has 1 spiro atoms. The van der Waals surface area contributed by atoms with Gasteiger partial charge in [-0.15, -0.1) is 0 Å². The van der Waals surface area contributed by atoms with Crippen molar-refractivity contribution in [3.8, 4) is 5.75 Å².